The van der Waals surface area contributed by atoms with Crippen molar-refractivity contribution in [3.8, 4) is 0 Å². The van der Waals surface area contributed by atoms with Crippen molar-refractivity contribution in [2.75, 3.05) is 39.5 Å². The Morgan fingerprint density at radius 3 is 2.70 bits per heavy atom. The number of nitrogens with zero attached hydrogens (tertiary/aromatic N) is 1. The molecule has 0 bridgehead atoms. The SMILES string of the molecule is [CH2]OCCN1CCOCC1. The molecule has 1 saturated heterocycles. The second kappa shape index (κ2) is 4.66. The summed E-state index contributed by atoms with van der Waals surface area (Å²) in [6, 6.07) is 0. The standard InChI is InChI=1S/C7H14NO2/c1-9-5-2-8-3-6-10-7-4-8/h1-7H2. The van der Waals surface area contributed by atoms with Crippen LogP contribution in [0, 0.1) is 7.11 Å². The molecule has 0 aliphatic carbocycles. The predicted molar refractivity (Wildman–Crippen MR) is 38.6 cm³/mol. The number of hydrogen-bond donors (Lipinski definition) is 0. The number of rotatable bonds is 3. The molecule has 1 rings (SSSR count). The fourth-order valence-electron chi connectivity index (χ4n) is 1.02. The maximum absolute atomic E-state index is 5.18. The van der Waals surface area contributed by atoms with Crippen molar-refractivity contribution in [3.05, 3.63) is 7.11 Å². The van der Waals surface area contributed by atoms with Crippen LogP contribution < -0.4 is 0 Å². The van der Waals surface area contributed by atoms with Crippen molar-refractivity contribution in [2.24, 2.45) is 0 Å². The Hall–Kier alpha value is -0.120. The molecule has 1 radical (unpaired) electrons. The normalized spacial score (nSPS) is 21.3. The van der Waals surface area contributed by atoms with Crippen molar-refractivity contribution in [2.45, 2.75) is 0 Å². The minimum atomic E-state index is 0.722. The molecule has 1 fully saturated rings. The highest BCUT2D eigenvalue weighted by molar-refractivity contribution is 4.60. The Bertz CT molecular complexity index is 81.7. The molecular weight excluding hydrogens is 130 g/mol. The summed E-state index contributed by atoms with van der Waals surface area (Å²) < 4.78 is 9.89. The molecule has 1 aliphatic heterocycles. The van der Waals surface area contributed by atoms with E-state index in [2.05, 4.69) is 12.0 Å². The van der Waals surface area contributed by atoms with Gasteiger partial charge >= 0.3 is 0 Å². The quantitative estimate of drug-likeness (QED) is 0.562. The number of ether oxygens (including phenoxy) is 2. The van der Waals surface area contributed by atoms with Gasteiger partial charge in [-0.15, -0.1) is 0 Å². The van der Waals surface area contributed by atoms with Gasteiger partial charge in [0.1, 0.15) is 0 Å². The van der Waals surface area contributed by atoms with Gasteiger partial charge in [0, 0.05) is 19.6 Å². The third-order valence-corrected chi connectivity index (χ3v) is 1.66. The van der Waals surface area contributed by atoms with Gasteiger partial charge in [-0.2, -0.15) is 0 Å². The lowest BCUT2D eigenvalue weighted by molar-refractivity contribution is 0.0289. The third kappa shape index (κ3) is 2.64. The van der Waals surface area contributed by atoms with E-state index < -0.39 is 0 Å². The van der Waals surface area contributed by atoms with E-state index in [0.717, 1.165) is 39.5 Å². The highest BCUT2D eigenvalue weighted by atomic mass is 16.5. The van der Waals surface area contributed by atoms with Crippen molar-refractivity contribution in [1.29, 1.82) is 0 Å². The van der Waals surface area contributed by atoms with E-state index in [9.17, 15) is 0 Å². The van der Waals surface area contributed by atoms with Crippen LogP contribution in [0.3, 0.4) is 0 Å². The highest BCUT2D eigenvalue weighted by Gasteiger charge is 2.08. The molecule has 1 aliphatic rings. The van der Waals surface area contributed by atoms with Gasteiger partial charge in [0.2, 0.25) is 0 Å². The number of hydrogen-bond acceptors (Lipinski definition) is 3. The zero-order valence-corrected chi connectivity index (χ0v) is 6.21. The van der Waals surface area contributed by atoms with E-state index in [4.69, 9.17) is 9.47 Å². The smallest absolute Gasteiger partial charge is 0.0701 e. The molecule has 1 heterocycles. The van der Waals surface area contributed by atoms with E-state index >= 15 is 0 Å². The fourth-order valence-corrected chi connectivity index (χ4v) is 1.02. The van der Waals surface area contributed by atoms with Crippen LogP contribution in [-0.2, 0) is 9.47 Å². The molecule has 0 unspecified atom stereocenters. The summed E-state index contributed by atoms with van der Waals surface area (Å²) in [4.78, 5) is 2.31. The lowest BCUT2D eigenvalue weighted by Crippen LogP contribution is -2.38. The Morgan fingerprint density at radius 2 is 2.10 bits per heavy atom. The summed E-state index contributed by atoms with van der Waals surface area (Å²) >= 11 is 0. The fraction of sp³-hybridized carbons (Fsp3) is 0.857. The molecule has 0 amide bonds. The molecule has 0 atom stereocenters. The second-order valence-corrected chi connectivity index (χ2v) is 2.36. The number of morpholine rings is 1. The molecule has 0 saturated carbocycles. The van der Waals surface area contributed by atoms with Crippen molar-refractivity contribution >= 4 is 0 Å². The molecule has 0 spiro atoms. The van der Waals surface area contributed by atoms with Crippen LogP contribution in [0.25, 0.3) is 0 Å². The minimum absolute atomic E-state index is 0.722. The Morgan fingerprint density at radius 1 is 1.40 bits per heavy atom. The van der Waals surface area contributed by atoms with Gasteiger partial charge in [-0.25, -0.2) is 0 Å². The molecule has 0 aromatic carbocycles. The average Bonchev–Trinajstić information content (AvgIpc) is 2.03. The van der Waals surface area contributed by atoms with E-state index in [-0.39, 0.29) is 0 Å². The van der Waals surface area contributed by atoms with Gasteiger partial charge < -0.3 is 9.47 Å². The summed E-state index contributed by atoms with van der Waals surface area (Å²) in [5, 5.41) is 0. The zero-order valence-electron chi connectivity index (χ0n) is 6.21. The van der Waals surface area contributed by atoms with Crippen LogP contribution in [0.4, 0.5) is 0 Å². The minimum Gasteiger partial charge on any atom is -0.379 e. The van der Waals surface area contributed by atoms with Gasteiger partial charge in [0.05, 0.1) is 26.9 Å². The molecule has 3 heteroatoms. The lowest BCUT2D eigenvalue weighted by atomic mass is 10.4. The highest BCUT2D eigenvalue weighted by Crippen LogP contribution is 1.95. The maximum Gasteiger partial charge on any atom is 0.0701 e. The summed E-state index contributed by atoms with van der Waals surface area (Å²) in [7, 11) is 3.31. The molecule has 59 valence electrons. The van der Waals surface area contributed by atoms with Gasteiger partial charge in [0.25, 0.3) is 0 Å². The van der Waals surface area contributed by atoms with Gasteiger partial charge in [-0.3, -0.25) is 4.90 Å². The van der Waals surface area contributed by atoms with Crippen LogP contribution >= 0.6 is 0 Å². The summed E-state index contributed by atoms with van der Waals surface area (Å²) in [6.07, 6.45) is 0. The first-order valence-corrected chi connectivity index (χ1v) is 3.60. The largest absolute Gasteiger partial charge is 0.379 e. The maximum atomic E-state index is 5.18. The van der Waals surface area contributed by atoms with Gasteiger partial charge in [-0.1, -0.05) is 0 Å². The Labute approximate surface area is 61.9 Å². The van der Waals surface area contributed by atoms with E-state index in [1.165, 1.54) is 0 Å². The van der Waals surface area contributed by atoms with E-state index in [0.29, 0.717) is 0 Å². The monoisotopic (exact) mass is 144 g/mol. The predicted octanol–water partition coefficient (Wildman–Crippen LogP) is 0.127. The Kier molecular flexibility index (Phi) is 3.72. The zero-order chi connectivity index (χ0) is 7.23. The molecule has 0 aromatic heterocycles. The van der Waals surface area contributed by atoms with E-state index in [1.54, 1.807) is 0 Å². The average molecular weight is 144 g/mol. The summed E-state index contributed by atoms with van der Waals surface area (Å²) in [6.45, 7) is 5.48. The first-order valence-electron chi connectivity index (χ1n) is 3.60. The summed E-state index contributed by atoms with van der Waals surface area (Å²) in [5.41, 5.74) is 0. The lowest BCUT2D eigenvalue weighted by Gasteiger charge is -2.25. The van der Waals surface area contributed by atoms with E-state index in [1.807, 2.05) is 0 Å². The van der Waals surface area contributed by atoms with Crippen LogP contribution in [-0.4, -0.2) is 44.4 Å². The molecule has 0 N–H and O–H groups in total. The van der Waals surface area contributed by atoms with Crippen LogP contribution in [0.1, 0.15) is 0 Å². The topological polar surface area (TPSA) is 21.7 Å². The first-order chi connectivity index (χ1) is 4.93. The first kappa shape index (κ1) is 7.98. The van der Waals surface area contributed by atoms with Gasteiger partial charge in [0.15, 0.2) is 0 Å². The third-order valence-electron chi connectivity index (χ3n) is 1.66. The van der Waals surface area contributed by atoms with Crippen LogP contribution in [0.15, 0.2) is 0 Å². The molecule has 0 aromatic rings. The van der Waals surface area contributed by atoms with Crippen LogP contribution in [0.2, 0.25) is 0 Å². The second-order valence-electron chi connectivity index (χ2n) is 2.36. The summed E-state index contributed by atoms with van der Waals surface area (Å²) in [5.74, 6) is 0. The Balaban J connectivity index is 2.02. The van der Waals surface area contributed by atoms with Crippen molar-refractivity contribution in [1.82, 2.24) is 4.90 Å². The van der Waals surface area contributed by atoms with Crippen molar-refractivity contribution in [3.63, 3.8) is 0 Å². The molecular formula is C7H14NO2. The molecule has 3 nitrogen and oxygen atoms in total. The van der Waals surface area contributed by atoms with Crippen LogP contribution in [0.5, 0.6) is 0 Å². The molecule has 10 heavy (non-hydrogen) atoms. The van der Waals surface area contributed by atoms with Gasteiger partial charge in [-0.05, 0) is 0 Å². The van der Waals surface area contributed by atoms with Crippen molar-refractivity contribution < 1.29 is 9.47 Å².